The molecule has 1 aliphatic carbocycles. The number of para-hydroxylation sites is 1. The van der Waals surface area contributed by atoms with E-state index >= 15 is 0 Å². The summed E-state index contributed by atoms with van der Waals surface area (Å²) in [4.78, 5) is 0.263. The molecule has 3 aliphatic heterocycles. The molecule has 5 rings (SSSR count). The molecule has 0 spiro atoms. The first-order valence-electron chi connectivity index (χ1n) is 6.06. The predicted molar refractivity (Wildman–Crippen MR) is 68.1 cm³/mol. The highest BCUT2D eigenvalue weighted by Crippen LogP contribution is 2.46. The Hall–Kier alpha value is -1.40. The van der Waals surface area contributed by atoms with Crippen LogP contribution in [-0.4, -0.2) is 26.3 Å². The molecule has 2 saturated heterocycles. The first-order chi connectivity index (χ1) is 8.59. The van der Waals surface area contributed by atoms with Crippen molar-refractivity contribution in [1.29, 1.82) is 0 Å². The number of sulfonamides is 1. The van der Waals surface area contributed by atoms with Crippen molar-refractivity contribution in [1.82, 2.24) is 5.32 Å². The first kappa shape index (κ1) is 10.5. The standard InChI is InChI=1S/C12H13N3O2S/c16-18(17)10-4-2-1-3-9(10)14-11(15-18)12-5-8(6-12)7-13-12/h1-4,8,13H,5-7H2,(H,14,15). The number of fused-ring (bicyclic) bond motifs is 2. The molecule has 3 fully saturated rings. The number of nitrogens with one attached hydrogen (secondary N) is 2. The zero-order valence-electron chi connectivity index (χ0n) is 9.68. The number of nitrogens with zero attached hydrogens (tertiary/aromatic N) is 1. The minimum absolute atomic E-state index is 0.231. The van der Waals surface area contributed by atoms with Crippen LogP contribution >= 0.6 is 0 Å². The molecule has 0 amide bonds. The molecule has 0 unspecified atom stereocenters. The van der Waals surface area contributed by atoms with E-state index in [0.29, 0.717) is 17.4 Å². The van der Waals surface area contributed by atoms with Crippen LogP contribution in [0.25, 0.3) is 0 Å². The van der Waals surface area contributed by atoms with Gasteiger partial charge in [-0.1, -0.05) is 12.1 Å². The van der Waals surface area contributed by atoms with Crippen LogP contribution in [0.2, 0.25) is 0 Å². The van der Waals surface area contributed by atoms with Crippen LogP contribution in [0, 0.1) is 5.92 Å². The molecule has 1 saturated carbocycles. The molecule has 6 heteroatoms. The number of hydrogen-bond donors (Lipinski definition) is 2. The van der Waals surface area contributed by atoms with Crippen molar-refractivity contribution in [2.24, 2.45) is 10.3 Å². The summed E-state index contributed by atoms with van der Waals surface area (Å²) in [5.74, 6) is 1.24. The van der Waals surface area contributed by atoms with Gasteiger partial charge in [0, 0.05) is 0 Å². The third kappa shape index (κ3) is 1.24. The van der Waals surface area contributed by atoms with E-state index in [-0.39, 0.29) is 10.4 Å². The number of hydrogen-bond acceptors (Lipinski definition) is 4. The summed E-state index contributed by atoms with van der Waals surface area (Å²) in [6.45, 7) is 0.961. The van der Waals surface area contributed by atoms with Gasteiger partial charge in [0.2, 0.25) is 0 Å². The lowest BCUT2D eigenvalue weighted by Crippen LogP contribution is -2.54. The second kappa shape index (κ2) is 3.13. The second-order valence-corrected chi connectivity index (χ2v) is 6.85. The van der Waals surface area contributed by atoms with E-state index in [1.54, 1.807) is 18.2 Å². The Morgan fingerprint density at radius 2 is 2.06 bits per heavy atom. The van der Waals surface area contributed by atoms with Crippen molar-refractivity contribution >= 4 is 21.5 Å². The Balaban J connectivity index is 1.83. The maximum atomic E-state index is 12.1. The smallest absolute Gasteiger partial charge is 0.286 e. The van der Waals surface area contributed by atoms with Gasteiger partial charge in [0.05, 0.1) is 11.2 Å². The SMILES string of the molecule is O=S1(=O)N=C(C23CC(CN2)C3)Nc2ccccc21. The third-order valence-corrected chi connectivity index (χ3v) is 5.42. The number of anilines is 1. The van der Waals surface area contributed by atoms with E-state index < -0.39 is 10.0 Å². The van der Waals surface area contributed by atoms with Crippen LogP contribution in [0.15, 0.2) is 33.6 Å². The van der Waals surface area contributed by atoms with Gasteiger partial charge in [0.25, 0.3) is 10.0 Å². The van der Waals surface area contributed by atoms with Gasteiger partial charge in [0.15, 0.2) is 0 Å². The lowest BCUT2D eigenvalue weighted by Gasteiger charge is -2.39. The fourth-order valence-electron chi connectivity index (χ4n) is 3.15. The molecule has 5 nitrogen and oxygen atoms in total. The monoisotopic (exact) mass is 263 g/mol. The van der Waals surface area contributed by atoms with E-state index in [9.17, 15) is 8.42 Å². The highest BCUT2D eigenvalue weighted by molar-refractivity contribution is 7.90. The molecule has 18 heavy (non-hydrogen) atoms. The molecule has 1 aromatic carbocycles. The molecule has 3 heterocycles. The van der Waals surface area contributed by atoms with E-state index in [1.165, 1.54) is 0 Å². The zero-order chi connectivity index (χ0) is 12.4. The van der Waals surface area contributed by atoms with E-state index in [4.69, 9.17) is 0 Å². The van der Waals surface area contributed by atoms with Crippen molar-refractivity contribution < 1.29 is 8.42 Å². The predicted octanol–water partition coefficient (Wildman–Crippen LogP) is 0.951. The molecular formula is C12H13N3O2S. The van der Waals surface area contributed by atoms with Gasteiger partial charge >= 0.3 is 0 Å². The van der Waals surface area contributed by atoms with E-state index in [1.807, 2.05) is 6.07 Å². The molecule has 4 aliphatic rings. The van der Waals surface area contributed by atoms with E-state index in [0.717, 1.165) is 19.4 Å². The molecule has 1 aromatic rings. The van der Waals surface area contributed by atoms with Crippen molar-refractivity contribution in [3.63, 3.8) is 0 Å². The summed E-state index contributed by atoms with van der Waals surface area (Å²) >= 11 is 0. The lowest BCUT2D eigenvalue weighted by molar-refractivity contribution is 0.309. The Labute approximate surface area is 105 Å². The number of amidine groups is 1. The van der Waals surface area contributed by atoms with Crippen LogP contribution in [0.3, 0.4) is 0 Å². The summed E-state index contributed by atoms with van der Waals surface area (Å²) in [5.41, 5.74) is 0.402. The highest BCUT2D eigenvalue weighted by Gasteiger charge is 2.55. The number of rotatable bonds is 1. The summed E-state index contributed by atoms with van der Waals surface area (Å²) in [5, 5.41) is 6.57. The van der Waals surface area contributed by atoms with Crippen molar-refractivity contribution in [3.05, 3.63) is 24.3 Å². The van der Waals surface area contributed by atoms with Gasteiger partial charge in [-0.25, -0.2) is 0 Å². The minimum atomic E-state index is -3.56. The first-order valence-corrected chi connectivity index (χ1v) is 7.50. The quantitative estimate of drug-likeness (QED) is 0.791. The minimum Gasteiger partial charge on any atom is -0.340 e. The topological polar surface area (TPSA) is 70.6 Å². The maximum absolute atomic E-state index is 12.1. The average molecular weight is 263 g/mol. The average Bonchev–Trinajstić information content (AvgIpc) is 2.87. The Morgan fingerprint density at radius 1 is 1.28 bits per heavy atom. The van der Waals surface area contributed by atoms with Crippen molar-refractivity contribution in [2.45, 2.75) is 23.3 Å². The van der Waals surface area contributed by atoms with Gasteiger partial charge in [-0.2, -0.15) is 8.42 Å². The summed E-state index contributed by atoms with van der Waals surface area (Å²) < 4.78 is 28.3. The van der Waals surface area contributed by atoms with Gasteiger partial charge in [-0.15, -0.1) is 4.40 Å². The van der Waals surface area contributed by atoms with Crippen LogP contribution in [0.1, 0.15) is 12.8 Å². The molecular weight excluding hydrogens is 250 g/mol. The van der Waals surface area contributed by atoms with E-state index in [2.05, 4.69) is 15.0 Å². The number of benzene rings is 1. The van der Waals surface area contributed by atoms with Crippen molar-refractivity contribution in [2.75, 3.05) is 11.9 Å². The summed E-state index contributed by atoms with van der Waals surface area (Å²) in [7, 11) is -3.56. The third-order valence-electron chi connectivity index (χ3n) is 4.09. The second-order valence-electron chi connectivity index (χ2n) is 5.27. The normalized spacial score (nSPS) is 35.1. The van der Waals surface area contributed by atoms with Gasteiger partial charge in [-0.05, 0) is 37.4 Å². The zero-order valence-corrected chi connectivity index (χ0v) is 10.5. The van der Waals surface area contributed by atoms with Crippen LogP contribution in [0.4, 0.5) is 5.69 Å². The summed E-state index contributed by atoms with van der Waals surface area (Å²) in [6, 6.07) is 6.91. The Bertz CT molecular complexity index is 654. The van der Waals surface area contributed by atoms with Crippen LogP contribution < -0.4 is 10.6 Å². The van der Waals surface area contributed by atoms with Gasteiger partial charge in [0.1, 0.15) is 10.7 Å². The largest absolute Gasteiger partial charge is 0.340 e. The molecule has 94 valence electrons. The van der Waals surface area contributed by atoms with Crippen molar-refractivity contribution in [3.8, 4) is 0 Å². The lowest BCUT2D eigenvalue weighted by atomic mass is 9.73. The fourth-order valence-corrected chi connectivity index (χ4v) is 4.36. The maximum Gasteiger partial charge on any atom is 0.286 e. The molecule has 0 atom stereocenters. The summed E-state index contributed by atoms with van der Waals surface area (Å²) in [6.07, 6.45) is 1.97. The molecule has 2 bridgehead atoms. The van der Waals surface area contributed by atoms with Crippen LogP contribution in [-0.2, 0) is 10.0 Å². The fraction of sp³-hybridized carbons (Fsp3) is 0.417. The highest BCUT2D eigenvalue weighted by atomic mass is 32.2. The molecule has 0 radical (unpaired) electrons. The Morgan fingerprint density at radius 3 is 2.78 bits per heavy atom. The molecule has 2 N–H and O–H groups in total. The molecule has 0 aromatic heterocycles. The van der Waals surface area contributed by atoms with Gasteiger partial charge in [-0.3, -0.25) is 0 Å². The van der Waals surface area contributed by atoms with Crippen LogP contribution in [0.5, 0.6) is 0 Å². The Kier molecular flexibility index (Phi) is 1.83. The van der Waals surface area contributed by atoms with Gasteiger partial charge < -0.3 is 10.6 Å².